The monoisotopic (exact) mass is 372 g/mol. The van der Waals surface area contributed by atoms with Gasteiger partial charge in [-0.15, -0.1) is 11.3 Å². The number of urea groups is 1. The summed E-state index contributed by atoms with van der Waals surface area (Å²) in [7, 11) is 1.53. The predicted molar refractivity (Wildman–Crippen MR) is 93.5 cm³/mol. The quantitative estimate of drug-likeness (QED) is 0.767. The SMILES string of the molecule is CN1CC(=O)N(CC(=O)N2N=C(c3cccs3)C[C@H]2c2ccco2)C1=O. The Morgan fingerprint density at radius 1 is 1.35 bits per heavy atom. The Morgan fingerprint density at radius 3 is 2.81 bits per heavy atom. The number of likely N-dealkylation sites (N-methyl/N-ethyl adjacent to an activating group) is 1. The van der Waals surface area contributed by atoms with Crippen LogP contribution < -0.4 is 0 Å². The number of thiophene rings is 1. The normalized spacial score (nSPS) is 20.3. The van der Waals surface area contributed by atoms with Crippen LogP contribution in [0.5, 0.6) is 0 Å². The maximum absolute atomic E-state index is 12.8. The van der Waals surface area contributed by atoms with Crippen molar-refractivity contribution >= 4 is 34.9 Å². The molecule has 0 radical (unpaired) electrons. The maximum Gasteiger partial charge on any atom is 0.327 e. The van der Waals surface area contributed by atoms with Crippen molar-refractivity contribution in [3.63, 3.8) is 0 Å². The van der Waals surface area contributed by atoms with Gasteiger partial charge in [0, 0.05) is 13.5 Å². The zero-order valence-corrected chi connectivity index (χ0v) is 14.8. The minimum absolute atomic E-state index is 0.0164. The molecule has 0 saturated carbocycles. The first-order valence-electron chi connectivity index (χ1n) is 8.07. The molecule has 1 atom stereocenters. The number of amides is 4. The molecule has 1 fully saturated rings. The lowest BCUT2D eigenvalue weighted by molar-refractivity contribution is -0.138. The van der Waals surface area contributed by atoms with Gasteiger partial charge in [0.15, 0.2) is 0 Å². The van der Waals surface area contributed by atoms with Gasteiger partial charge in [-0.25, -0.2) is 9.80 Å². The van der Waals surface area contributed by atoms with Crippen LogP contribution in [0.25, 0.3) is 0 Å². The van der Waals surface area contributed by atoms with Gasteiger partial charge in [0.25, 0.3) is 11.8 Å². The number of nitrogens with zero attached hydrogens (tertiary/aromatic N) is 4. The number of carbonyl (C=O) groups is 3. The highest BCUT2D eigenvalue weighted by molar-refractivity contribution is 7.12. The second kappa shape index (κ2) is 6.41. The lowest BCUT2D eigenvalue weighted by Crippen LogP contribution is -2.41. The summed E-state index contributed by atoms with van der Waals surface area (Å²) >= 11 is 1.54. The summed E-state index contributed by atoms with van der Waals surface area (Å²) in [5.41, 5.74) is 0.783. The molecule has 1 saturated heterocycles. The molecule has 0 aromatic carbocycles. The van der Waals surface area contributed by atoms with E-state index in [0.29, 0.717) is 12.2 Å². The van der Waals surface area contributed by atoms with E-state index in [1.807, 2.05) is 17.5 Å². The first-order valence-corrected chi connectivity index (χ1v) is 8.95. The van der Waals surface area contributed by atoms with Gasteiger partial charge in [0.1, 0.15) is 24.9 Å². The van der Waals surface area contributed by atoms with Gasteiger partial charge in [-0.2, -0.15) is 5.10 Å². The first kappa shape index (κ1) is 16.5. The van der Waals surface area contributed by atoms with Gasteiger partial charge in [-0.05, 0) is 23.6 Å². The highest BCUT2D eigenvalue weighted by atomic mass is 32.1. The molecule has 0 aliphatic carbocycles. The van der Waals surface area contributed by atoms with E-state index in [1.54, 1.807) is 29.7 Å². The average Bonchev–Trinajstić information content (AvgIpc) is 3.39. The summed E-state index contributed by atoms with van der Waals surface area (Å²) in [5, 5.41) is 7.74. The van der Waals surface area contributed by atoms with Crippen molar-refractivity contribution in [3.8, 4) is 0 Å². The number of imide groups is 1. The van der Waals surface area contributed by atoms with E-state index >= 15 is 0 Å². The Bertz CT molecular complexity index is 875. The Hall–Kier alpha value is -2.94. The van der Waals surface area contributed by atoms with Crippen LogP contribution in [0.15, 0.2) is 45.4 Å². The molecule has 4 heterocycles. The Balaban J connectivity index is 1.59. The van der Waals surface area contributed by atoms with Crippen LogP contribution in [0.1, 0.15) is 23.1 Å². The molecule has 0 unspecified atom stereocenters. The van der Waals surface area contributed by atoms with Crippen molar-refractivity contribution < 1.29 is 18.8 Å². The van der Waals surface area contributed by atoms with E-state index in [1.165, 1.54) is 17.0 Å². The molecule has 9 heteroatoms. The van der Waals surface area contributed by atoms with Crippen molar-refractivity contribution in [2.24, 2.45) is 5.10 Å². The second-order valence-corrected chi connectivity index (χ2v) is 7.06. The highest BCUT2D eigenvalue weighted by Crippen LogP contribution is 2.34. The smallest absolute Gasteiger partial charge is 0.327 e. The summed E-state index contributed by atoms with van der Waals surface area (Å²) in [4.78, 5) is 40.0. The summed E-state index contributed by atoms with van der Waals surface area (Å²) in [5.74, 6) is -0.193. The molecule has 2 aliphatic heterocycles. The number of hydrazone groups is 1. The van der Waals surface area contributed by atoms with Crippen LogP contribution in [0.3, 0.4) is 0 Å². The number of carbonyl (C=O) groups excluding carboxylic acids is 3. The minimum atomic E-state index is -0.473. The lowest BCUT2D eigenvalue weighted by Gasteiger charge is -2.22. The fourth-order valence-electron chi connectivity index (χ4n) is 3.07. The third-order valence-corrected chi connectivity index (χ3v) is 5.29. The fraction of sp³-hybridized carbons (Fsp3) is 0.294. The standard InChI is InChI=1S/C17H16N4O4S/c1-19-9-15(22)20(17(19)24)10-16(23)21-12(13-4-2-6-25-13)8-11(18-21)14-5-3-7-26-14/h2-7,12H,8-10H2,1H3/t12-/m0/s1. The van der Waals surface area contributed by atoms with E-state index in [9.17, 15) is 14.4 Å². The molecule has 2 aliphatic rings. The molecule has 134 valence electrons. The van der Waals surface area contributed by atoms with Gasteiger partial charge < -0.3 is 9.32 Å². The molecule has 2 aromatic heterocycles. The molecule has 4 rings (SSSR count). The van der Waals surface area contributed by atoms with Gasteiger partial charge in [-0.3, -0.25) is 14.5 Å². The number of furan rings is 1. The molecule has 26 heavy (non-hydrogen) atoms. The zero-order chi connectivity index (χ0) is 18.3. The van der Waals surface area contributed by atoms with E-state index in [2.05, 4.69) is 5.10 Å². The molecule has 0 spiro atoms. The van der Waals surface area contributed by atoms with Gasteiger partial charge in [0.05, 0.1) is 16.9 Å². The third kappa shape index (κ3) is 2.80. The van der Waals surface area contributed by atoms with Crippen LogP contribution in [-0.4, -0.2) is 58.5 Å². The third-order valence-electron chi connectivity index (χ3n) is 4.37. The van der Waals surface area contributed by atoms with Crippen molar-refractivity contribution in [3.05, 3.63) is 46.5 Å². The molecular formula is C17H16N4O4S. The van der Waals surface area contributed by atoms with Crippen LogP contribution in [0, 0.1) is 0 Å². The van der Waals surface area contributed by atoms with Crippen molar-refractivity contribution in [1.29, 1.82) is 0 Å². The number of rotatable bonds is 4. The van der Waals surface area contributed by atoms with E-state index < -0.39 is 11.9 Å². The fourth-order valence-corrected chi connectivity index (χ4v) is 3.79. The summed E-state index contributed by atoms with van der Waals surface area (Å²) in [6.07, 6.45) is 2.06. The molecule has 0 bridgehead atoms. The topological polar surface area (TPSA) is 86.4 Å². The van der Waals surface area contributed by atoms with E-state index in [-0.39, 0.29) is 25.0 Å². The van der Waals surface area contributed by atoms with Crippen LogP contribution in [0.2, 0.25) is 0 Å². The van der Waals surface area contributed by atoms with Crippen molar-refractivity contribution in [1.82, 2.24) is 14.8 Å². The zero-order valence-electron chi connectivity index (χ0n) is 14.0. The number of hydrogen-bond acceptors (Lipinski definition) is 6. The summed E-state index contributed by atoms with van der Waals surface area (Å²) in [6, 6.07) is 6.55. The van der Waals surface area contributed by atoms with Gasteiger partial charge in [-0.1, -0.05) is 6.07 Å². The highest BCUT2D eigenvalue weighted by Gasteiger charge is 2.40. The van der Waals surface area contributed by atoms with Crippen LogP contribution in [0.4, 0.5) is 4.79 Å². The van der Waals surface area contributed by atoms with E-state index in [0.717, 1.165) is 15.5 Å². The summed E-state index contributed by atoms with van der Waals surface area (Å²) in [6.45, 7) is -0.349. The maximum atomic E-state index is 12.8. The Morgan fingerprint density at radius 2 is 2.19 bits per heavy atom. The molecule has 4 amide bonds. The average molecular weight is 372 g/mol. The van der Waals surface area contributed by atoms with Crippen molar-refractivity contribution in [2.45, 2.75) is 12.5 Å². The van der Waals surface area contributed by atoms with Gasteiger partial charge >= 0.3 is 6.03 Å². The first-order chi connectivity index (χ1) is 12.5. The van der Waals surface area contributed by atoms with Crippen LogP contribution >= 0.6 is 11.3 Å². The largest absolute Gasteiger partial charge is 0.467 e. The Kier molecular flexibility index (Phi) is 4.08. The lowest BCUT2D eigenvalue weighted by atomic mass is 10.1. The molecule has 0 N–H and O–H groups in total. The summed E-state index contributed by atoms with van der Waals surface area (Å²) < 4.78 is 5.47. The number of hydrogen-bond donors (Lipinski definition) is 0. The Labute approximate surface area is 153 Å². The molecule has 2 aromatic rings. The van der Waals surface area contributed by atoms with E-state index in [4.69, 9.17) is 4.42 Å². The minimum Gasteiger partial charge on any atom is -0.467 e. The van der Waals surface area contributed by atoms with Gasteiger partial charge in [0.2, 0.25) is 0 Å². The molecular weight excluding hydrogens is 356 g/mol. The second-order valence-electron chi connectivity index (χ2n) is 6.12. The molecule has 8 nitrogen and oxygen atoms in total. The van der Waals surface area contributed by atoms with Crippen LogP contribution in [-0.2, 0) is 9.59 Å². The van der Waals surface area contributed by atoms with Crippen molar-refractivity contribution in [2.75, 3.05) is 20.1 Å². The predicted octanol–water partition coefficient (Wildman–Crippen LogP) is 1.91.